The average molecular weight is 325 g/mol. The molecule has 2 heteroatoms. The highest BCUT2D eigenvalue weighted by molar-refractivity contribution is 5.69. The van der Waals surface area contributed by atoms with Gasteiger partial charge in [0.2, 0.25) is 0 Å². The standard InChI is InChI=1S/C21H40O2/c1-3-5-6-7-8-9-10-11-12-13-14-15-16-17-18-19-21(22)23-20-4-2/h14-15H,3-13,16-20H2,1-2H3/b15-14+. The molecule has 0 aliphatic heterocycles. The lowest BCUT2D eigenvalue weighted by Gasteiger charge is -2.02. The molecular weight excluding hydrogens is 284 g/mol. The van der Waals surface area contributed by atoms with E-state index in [-0.39, 0.29) is 5.97 Å². The summed E-state index contributed by atoms with van der Waals surface area (Å²) in [5.74, 6) is -0.0366. The molecule has 0 saturated heterocycles. The van der Waals surface area contributed by atoms with Gasteiger partial charge < -0.3 is 4.74 Å². The average Bonchev–Trinajstić information content (AvgIpc) is 2.56. The minimum atomic E-state index is -0.0366. The molecule has 0 heterocycles. The van der Waals surface area contributed by atoms with Crippen LogP contribution >= 0.6 is 0 Å². The summed E-state index contributed by atoms with van der Waals surface area (Å²) in [7, 11) is 0. The van der Waals surface area contributed by atoms with Crippen molar-refractivity contribution in [2.24, 2.45) is 0 Å². The molecule has 0 rings (SSSR count). The number of esters is 1. The van der Waals surface area contributed by atoms with E-state index in [4.69, 9.17) is 4.74 Å². The number of hydrogen-bond donors (Lipinski definition) is 0. The molecule has 0 saturated carbocycles. The monoisotopic (exact) mass is 324 g/mol. The summed E-state index contributed by atoms with van der Waals surface area (Å²) in [4.78, 5) is 11.3. The highest BCUT2D eigenvalue weighted by Crippen LogP contribution is 2.11. The summed E-state index contributed by atoms with van der Waals surface area (Å²) >= 11 is 0. The quantitative estimate of drug-likeness (QED) is 0.164. The van der Waals surface area contributed by atoms with Crippen molar-refractivity contribution in [1.82, 2.24) is 0 Å². The maximum Gasteiger partial charge on any atom is 0.305 e. The Morgan fingerprint density at radius 2 is 1.22 bits per heavy atom. The molecule has 0 fully saturated rings. The van der Waals surface area contributed by atoms with Gasteiger partial charge in [-0.25, -0.2) is 0 Å². The molecule has 0 unspecified atom stereocenters. The van der Waals surface area contributed by atoms with Crippen LogP contribution in [0.1, 0.15) is 110 Å². The van der Waals surface area contributed by atoms with Crippen molar-refractivity contribution >= 4 is 5.97 Å². The molecule has 0 spiro atoms. The summed E-state index contributed by atoms with van der Waals surface area (Å²) in [5, 5.41) is 0. The molecule has 0 aromatic heterocycles. The van der Waals surface area contributed by atoms with Crippen LogP contribution in [0.2, 0.25) is 0 Å². The van der Waals surface area contributed by atoms with Crippen LogP contribution in [-0.4, -0.2) is 12.6 Å². The fourth-order valence-electron chi connectivity index (χ4n) is 2.63. The molecular formula is C21H40O2. The number of ether oxygens (including phenoxy) is 1. The highest BCUT2D eigenvalue weighted by Gasteiger charge is 2.00. The van der Waals surface area contributed by atoms with Crippen molar-refractivity contribution in [2.45, 2.75) is 110 Å². The molecule has 0 aliphatic rings. The van der Waals surface area contributed by atoms with Gasteiger partial charge in [-0.2, -0.15) is 0 Å². The number of rotatable bonds is 17. The third kappa shape index (κ3) is 19.2. The van der Waals surface area contributed by atoms with Gasteiger partial charge in [0, 0.05) is 6.42 Å². The van der Waals surface area contributed by atoms with Gasteiger partial charge in [-0.15, -0.1) is 0 Å². The van der Waals surface area contributed by atoms with Gasteiger partial charge >= 0.3 is 5.97 Å². The van der Waals surface area contributed by atoms with Crippen molar-refractivity contribution < 1.29 is 9.53 Å². The molecule has 0 amide bonds. The van der Waals surface area contributed by atoms with Crippen molar-refractivity contribution in [2.75, 3.05) is 6.61 Å². The zero-order valence-electron chi connectivity index (χ0n) is 15.8. The highest BCUT2D eigenvalue weighted by atomic mass is 16.5. The van der Waals surface area contributed by atoms with Crippen LogP contribution in [-0.2, 0) is 9.53 Å². The summed E-state index contributed by atoms with van der Waals surface area (Å²) in [6.07, 6.45) is 23.0. The predicted molar refractivity (Wildman–Crippen MR) is 101 cm³/mol. The number of unbranched alkanes of at least 4 members (excludes halogenated alkanes) is 11. The topological polar surface area (TPSA) is 26.3 Å². The van der Waals surface area contributed by atoms with E-state index in [9.17, 15) is 4.79 Å². The minimum Gasteiger partial charge on any atom is -0.466 e. The Hall–Kier alpha value is -0.790. The second-order valence-electron chi connectivity index (χ2n) is 6.55. The van der Waals surface area contributed by atoms with Crippen LogP contribution in [0.15, 0.2) is 12.2 Å². The Kier molecular flexibility index (Phi) is 18.6. The molecule has 23 heavy (non-hydrogen) atoms. The van der Waals surface area contributed by atoms with E-state index in [1.54, 1.807) is 0 Å². The maximum atomic E-state index is 11.3. The van der Waals surface area contributed by atoms with Gasteiger partial charge in [0.25, 0.3) is 0 Å². The van der Waals surface area contributed by atoms with Crippen molar-refractivity contribution in [3.8, 4) is 0 Å². The Morgan fingerprint density at radius 3 is 1.78 bits per heavy atom. The summed E-state index contributed by atoms with van der Waals surface area (Å²) < 4.78 is 5.05. The maximum absolute atomic E-state index is 11.3. The van der Waals surface area contributed by atoms with E-state index in [0.717, 1.165) is 25.7 Å². The summed E-state index contributed by atoms with van der Waals surface area (Å²) in [6.45, 7) is 4.86. The van der Waals surface area contributed by atoms with Gasteiger partial charge in [0.1, 0.15) is 0 Å². The van der Waals surface area contributed by atoms with Gasteiger partial charge in [-0.3, -0.25) is 4.79 Å². The number of allylic oxidation sites excluding steroid dienone is 2. The predicted octanol–water partition coefficient (Wildman–Crippen LogP) is 6.98. The molecule has 0 aromatic rings. The van der Waals surface area contributed by atoms with Crippen LogP contribution in [0.25, 0.3) is 0 Å². The first kappa shape index (κ1) is 22.2. The Labute approximate surface area is 145 Å². The smallest absolute Gasteiger partial charge is 0.305 e. The fourth-order valence-corrected chi connectivity index (χ4v) is 2.63. The van der Waals surface area contributed by atoms with Crippen molar-refractivity contribution in [3.63, 3.8) is 0 Å². The lowest BCUT2D eigenvalue weighted by molar-refractivity contribution is -0.143. The second-order valence-corrected chi connectivity index (χ2v) is 6.55. The SMILES string of the molecule is CCCCCCCCCCC/C=C/CCCCC(=O)OCCC. The fraction of sp³-hybridized carbons (Fsp3) is 0.857. The van der Waals surface area contributed by atoms with Crippen LogP contribution in [0.4, 0.5) is 0 Å². The second kappa shape index (κ2) is 19.3. The minimum absolute atomic E-state index is 0.0366. The number of carbonyl (C=O) groups excluding carboxylic acids is 1. The molecule has 0 radical (unpaired) electrons. The van der Waals surface area contributed by atoms with E-state index in [0.29, 0.717) is 13.0 Å². The summed E-state index contributed by atoms with van der Waals surface area (Å²) in [5.41, 5.74) is 0. The first-order chi connectivity index (χ1) is 11.3. The van der Waals surface area contributed by atoms with Gasteiger partial charge in [0.05, 0.1) is 6.61 Å². The molecule has 0 bridgehead atoms. The summed E-state index contributed by atoms with van der Waals surface area (Å²) in [6, 6.07) is 0. The lowest BCUT2D eigenvalue weighted by atomic mass is 10.1. The van der Waals surface area contributed by atoms with Crippen LogP contribution in [0.3, 0.4) is 0 Å². The largest absolute Gasteiger partial charge is 0.466 e. The van der Waals surface area contributed by atoms with E-state index in [1.807, 2.05) is 6.92 Å². The molecule has 0 aromatic carbocycles. The number of carbonyl (C=O) groups is 1. The van der Waals surface area contributed by atoms with Crippen LogP contribution in [0, 0.1) is 0 Å². The normalized spacial score (nSPS) is 11.2. The lowest BCUT2D eigenvalue weighted by Crippen LogP contribution is -2.04. The Morgan fingerprint density at radius 1 is 0.696 bits per heavy atom. The van der Waals surface area contributed by atoms with Crippen LogP contribution in [0.5, 0.6) is 0 Å². The Bertz CT molecular complexity index is 271. The molecule has 0 atom stereocenters. The van der Waals surface area contributed by atoms with Crippen molar-refractivity contribution in [1.29, 1.82) is 0 Å². The van der Waals surface area contributed by atoms with E-state index in [2.05, 4.69) is 19.1 Å². The zero-order chi connectivity index (χ0) is 17.0. The molecule has 136 valence electrons. The third-order valence-electron chi connectivity index (χ3n) is 4.11. The van der Waals surface area contributed by atoms with E-state index < -0.39 is 0 Å². The molecule has 0 N–H and O–H groups in total. The number of hydrogen-bond acceptors (Lipinski definition) is 2. The van der Waals surface area contributed by atoms with Gasteiger partial charge in [-0.05, 0) is 38.5 Å². The van der Waals surface area contributed by atoms with Crippen molar-refractivity contribution in [3.05, 3.63) is 12.2 Å². The van der Waals surface area contributed by atoms with Gasteiger partial charge in [0.15, 0.2) is 0 Å². The molecule has 0 aliphatic carbocycles. The molecule has 2 nitrogen and oxygen atoms in total. The van der Waals surface area contributed by atoms with Crippen LogP contribution < -0.4 is 0 Å². The first-order valence-electron chi connectivity index (χ1n) is 10.1. The Balaban J connectivity index is 3.15. The third-order valence-corrected chi connectivity index (χ3v) is 4.11. The zero-order valence-corrected chi connectivity index (χ0v) is 15.8. The first-order valence-corrected chi connectivity index (χ1v) is 10.1. The van der Waals surface area contributed by atoms with E-state index in [1.165, 1.54) is 64.2 Å². The van der Waals surface area contributed by atoms with E-state index >= 15 is 0 Å². The van der Waals surface area contributed by atoms with Gasteiger partial charge in [-0.1, -0.05) is 77.4 Å².